The Bertz CT molecular complexity index is 700. The third-order valence-corrected chi connectivity index (χ3v) is 2.74. The molecule has 0 atom stereocenters. The van der Waals surface area contributed by atoms with Gasteiger partial charge in [-0.2, -0.15) is 10.4 Å². The molecule has 7 heteroatoms. The third kappa shape index (κ3) is 3.01. The molecule has 0 aliphatic heterocycles. The standard InChI is InChI=1S/C14H16N4O3/c1-4-20-14(19)12-5-6-16-13-10(7-15)11(17-18(12)13)8-21-9(2)3/h5-6,9H,4,8H2,1-3H3. The summed E-state index contributed by atoms with van der Waals surface area (Å²) in [5.41, 5.74) is 1.32. The molecule has 0 fully saturated rings. The predicted octanol–water partition coefficient (Wildman–Crippen LogP) is 1.70. The Morgan fingerprint density at radius 3 is 2.90 bits per heavy atom. The molecule has 0 aliphatic carbocycles. The van der Waals surface area contributed by atoms with Gasteiger partial charge in [0.15, 0.2) is 11.3 Å². The summed E-state index contributed by atoms with van der Waals surface area (Å²) in [7, 11) is 0. The van der Waals surface area contributed by atoms with Crippen LogP contribution >= 0.6 is 0 Å². The lowest BCUT2D eigenvalue weighted by Crippen LogP contribution is -2.11. The molecule has 0 aliphatic rings. The minimum absolute atomic E-state index is 0.0128. The Morgan fingerprint density at radius 2 is 2.29 bits per heavy atom. The van der Waals surface area contributed by atoms with E-state index in [2.05, 4.69) is 16.2 Å². The molecular weight excluding hydrogens is 272 g/mol. The van der Waals surface area contributed by atoms with Crippen LogP contribution in [0.3, 0.4) is 0 Å². The van der Waals surface area contributed by atoms with Crippen molar-refractivity contribution < 1.29 is 14.3 Å². The molecule has 0 spiro atoms. The van der Waals surface area contributed by atoms with Gasteiger partial charge in [0, 0.05) is 6.20 Å². The topological polar surface area (TPSA) is 89.5 Å². The van der Waals surface area contributed by atoms with Gasteiger partial charge in [-0.15, -0.1) is 0 Å². The van der Waals surface area contributed by atoms with Gasteiger partial charge in [0.05, 0.1) is 19.3 Å². The molecular formula is C14H16N4O3. The molecule has 0 saturated carbocycles. The van der Waals surface area contributed by atoms with E-state index in [4.69, 9.17) is 9.47 Å². The van der Waals surface area contributed by atoms with Crippen LogP contribution in [0, 0.1) is 11.3 Å². The van der Waals surface area contributed by atoms with Gasteiger partial charge in [0.2, 0.25) is 0 Å². The Labute approximate surface area is 122 Å². The first-order valence-electron chi connectivity index (χ1n) is 6.63. The summed E-state index contributed by atoms with van der Waals surface area (Å²) in [4.78, 5) is 16.0. The summed E-state index contributed by atoms with van der Waals surface area (Å²) < 4.78 is 11.8. The van der Waals surface area contributed by atoms with E-state index in [1.54, 1.807) is 6.92 Å². The van der Waals surface area contributed by atoms with Gasteiger partial charge in [0.1, 0.15) is 17.3 Å². The van der Waals surface area contributed by atoms with Crippen LogP contribution < -0.4 is 0 Å². The van der Waals surface area contributed by atoms with Gasteiger partial charge >= 0.3 is 5.97 Å². The van der Waals surface area contributed by atoms with E-state index in [9.17, 15) is 10.1 Å². The molecule has 2 aromatic rings. The molecule has 0 saturated heterocycles. The monoisotopic (exact) mass is 288 g/mol. The van der Waals surface area contributed by atoms with Crippen molar-refractivity contribution in [2.45, 2.75) is 33.5 Å². The number of carbonyl (C=O) groups is 1. The first kappa shape index (κ1) is 14.9. The number of ether oxygens (including phenoxy) is 2. The van der Waals surface area contributed by atoms with Crippen molar-refractivity contribution in [3.8, 4) is 6.07 Å². The number of hydrogen-bond acceptors (Lipinski definition) is 6. The van der Waals surface area contributed by atoms with E-state index in [1.165, 1.54) is 16.8 Å². The summed E-state index contributed by atoms with van der Waals surface area (Å²) in [5, 5.41) is 13.6. The maximum atomic E-state index is 11.9. The van der Waals surface area contributed by atoms with Crippen molar-refractivity contribution in [3.05, 3.63) is 29.2 Å². The van der Waals surface area contributed by atoms with Crippen molar-refractivity contribution >= 4 is 11.6 Å². The maximum Gasteiger partial charge on any atom is 0.357 e. The molecule has 0 bridgehead atoms. The molecule has 0 unspecified atom stereocenters. The van der Waals surface area contributed by atoms with Crippen LogP contribution in [0.15, 0.2) is 12.3 Å². The zero-order chi connectivity index (χ0) is 15.4. The first-order chi connectivity index (χ1) is 10.1. The Morgan fingerprint density at radius 1 is 1.52 bits per heavy atom. The second-order valence-corrected chi connectivity index (χ2v) is 4.58. The summed E-state index contributed by atoms with van der Waals surface area (Å²) in [6.07, 6.45) is 1.47. The van der Waals surface area contributed by atoms with E-state index < -0.39 is 5.97 Å². The van der Waals surface area contributed by atoms with Gasteiger partial charge in [-0.3, -0.25) is 0 Å². The fourth-order valence-corrected chi connectivity index (χ4v) is 1.81. The zero-order valence-electron chi connectivity index (χ0n) is 12.2. The van der Waals surface area contributed by atoms with Crippen LogP contribution in [0.5, 0.6) is 0 Å². The molecule has 0 amide bonds. The molecule has 21 heavy (non-hydrogen) atoms. The van der Waals surface area contributed by atoms with E-state index in [0.29, 0.717) is 16.9 Å². The summed E-state index contributed by atoms with van der Waals surface area (Å²) in [5.74, 6) is -0.506. The average Bonchev–Trinajstić information content (AvgIpc) is 2.82. The average molecular weight is 288 g/mol. The number of hydrogen-bond donors (Lipinski definition) is 0. The molecule has 0 N–H and O–H groups in total. The van der Waals surface area contributed by atoms with Crippen LogP contribution in [0.4, 0.5) is 0 Å². The zero-order valence-corrected chi connectivity index (χ0v) is 12.2. The fraction of sp³-hybridized carbons (Fsp3) is 0.429. The predicted molar refractivity (Wildman–Crippen MR) is 73.6 cm³/mol. The molecule has 0 aromatic carbocycles. The SMILES string of the molecule is CCOC(=O)c1ccnc2c(C#N)c(COC(C)C)nn12. The molecule has 2 rings (SSSR count). The quantitative estimate of drug-likeness (QED) is 0.778. The lowest BCUT2D eigenvalue weighted by atomic mass is 10.2. The van der Waals surface area contributed by atoms with Crippen molar-refractivity contribution in [3.63, 3.8) is 0 Å². The molecule has 2 heterocycles. The Balaban J connectivity index is 2.51. The normalized spacial score (nSPS) is 10.8. The molecule has 0 radical (unpaired) electrons. The van der Waals surface area contributed by atoms with Gasteiger partial charge < -0.3 is 9.47 Å². The summed E-state index contributed by atoms with van der Waals surface area (Å²) in [6.45, 7) is 5.96. The van der Waals surface area contributed by atoms with Crippen LogP contribution in [0.25, 0.3) is 5.65 Å². The summed E-state index contributed by atoms with van der Waals surface area (Å²) >= 11 is 0. The smallest absolute Gasteiger partial charge is 0.357 e. The maximum absolute atomic E-state index is 11.9. The fourth-order valence-electron chi connectivity index (χ4n) is 1.81. The number of esters is 1. The number of rotatable bonds is 5. The van der Waals surface area contributed by atoms with E-state index in [-0.39, 0.29) is 25.0 Å². The highest BCUT2D eigenvalue weighted by Gasteiger charge is 2.19. The van der Waals surface area contributed by atoms with Gasteiger partial charge in [-0.05, 0) is 26.8 Å². The van der Waals surface area contributed by atoms with Gasteiger partial charge in [0.25, 0.3) is 0 Å². The highest BCUT2D eigenvalue weighted by atomic mass is 16.5. The van der Waals surface area contributed by atoms with Crippen LogP contribution in [-0.2, 0) is 16.1 Å². The molecule has 110 valence electrons. The second-order valence-electron chi connectivity index (χ2n) is 4.58. The number of nitriles is 1. The van der Waals surface area contributed by atoms with Crippen molar-refractivity contribution in [2.24, 2.45) is 0 Å². The summed E-state index contributed by atoms with van der Waals surface area (Å²) in [6, 6.07) is 3.57. The highest BCUT2D eigenvalue weighted by molar-refractivity contribution is 5.88. The largest absolute Gasteiger partial charge is 0.461 e. The minimum atomic E-state index is -0.506. The first-order valence-corrected chi connectivity index (χ1v) is 6.63. The number of fused-ring (bicyclic) bond motifs is 1. The lowest BCUT2D eigenvalue weighted by molar-refractivity contribution is 0.0513. The Kier molecular flexibility index (Phi) is 4.50. The van der Waals surface area contributed by atoms with Gasteiger partial charge in [-0.1, -0.05) is 0 Å². The van der Waals surface area contributed by atoms with E-state index in [1.807, 2.05) is 13.8 Å². The number of aromatic nitrogens is 3. The van der Waals surface area contributed by atoms with Crippen LogP contribution in [0.2, 0.25) is 0 Å². The highest BCUT2D eigenvalue weighted by Crippen LogP contribution is 2.16. The number of carbonyl (C=O) groups excluding carboxylic acids is 1. The number of nitrogens with zero attached hydrogens (tertiary/aromatic N) is 4. The Hall–Kier alpha value is -2.46. The molecule has 7 nitrogen and oxygen atoms in total. The van der Waals surface area contributed by atoms with E-state index >= 15 is 0 Å². The van der Waals surface area contributed by atoms with Gasteiger partial charge in [-0.25, -0.2) is 14.3 Å². The lowest BCUT2D eigenvalue weighted by Gasteiger charge is -2.04. The van der Waals surface area contributed by atoms with Crippen LogP contribution in [-0.4, -0.2) is 33.3 Å². The van der Waals surface area contributed by atoms with Crippen LogP contribution in [0.1, 0.15) is 42.5 Å². The second kappa shape index (κ2) is 6.33. The van der Waals surface area contributed by atoms with Crippen molar-refractivity contribution in [1.82, 2.24) is 14.6 Å². The molecule has 2 aromatic heterocycles. The van der Waals surface area contributed by atoms with Crippen molar-refractivity contribution in [2.75, 3.05) is 6.61 Å². The minimum Gasteiger partial charge on any atom is -0.461 e. The van der Waals surface area contributed by atoms with E-state index in [0.717, 1.165) is 0 Å². The van der Waals surface area contributed by atoms with Crippen molar-refractivity contribution in [1.29, 1.82) is 5.26 Å². The third-order valence-electron chi connectivity index (χ3n) is 2.74.